The number of fused-ring (bicyclic) bond motifs is 1. The summed E-state index contributed by atoms with van der Waals surface area (Å²) in [6.45, 7) is 5.93. The van der Waals surface area contributed by atoms with Crippen LogP contribution >= 0.6 is 0 Å². The normalized spacial score (nSPS) is 27.5. The molecule has 1 heterocycles. The molecule has 104 valence electrons. The molecule has 1 aliphatic heterocycles. The van der Waals surface area contributed by atoms with Crippen molar-refractivity contribution < 1.29 is 0 Å². The topological polar surface area (TPSA) is 15.3 Å². The van der Waals surface area contributed by atoms with Crippen molar-refractivity contribution in [1.29, 1.82) is 0 Å². The molecule has 2 unspecified atom stereocenters. The molecule has 0 bridgehead atoms. The molecule has 2 atom stereocenters. The van der Waals surface area contributed by atoms with Crippen LogP contribution < -0.4 is 5.32 Å². The summed E-state index contributed by atoms with van der Waals surface area (Å²) in [5, 5.41) is 3.83. The van der Waals surface area contributed by atoms with Gasteiger partial charge in [-0.3, -0.25) is 0 Å². The maximum Gasteiger partial charge on any atom is 0.0326 e. The SMILES string of the molecule is Cc1ccc2c(c1)C(NCC1CCCN(C)C1)CC2. The minimum absolute atomic E-state index is 0.599. The number of benzene rings is 1. The Morgan fingerprint density at radius 3 is 3.05 bits per heavy atom. The number of hydrogen-bond acceptors (Lipinski definition) is 2. The molecule has 0 spiro atoms. The van der Waals surface area contributed by atoms with Gasteiger partial charge in [0.15, 0.2) is 0 Å². The van der Waals surface area contributed by atoms with Gasteiger partial charge in [0, 0.05) is 12.6 Å². The highest BCUT2D eigenvalue weighted by Gasteiger charge is 2.24. The lowest BCUT2D eigenvalue weighted by molar-refractivity contribution is 0.202. The van der Waals surface area contributed by atoms with Crippen molar-refractivity contribution in [3.8, 4) is 0 Å². The van der Waals surface area contributed by atoms with Gasteiger partial charge in [-0.1, -0.05) is 23.8 Å². The quantitative estimate of drug-likeness (QED) is 0.897. The van der Waals surface area contributed by atoms with Crippen molar-refractivity contribution in [2.24, 2.45) is 5.92 Å². The zero-order valence-electron chi connectivity index (χ0n) is 12.3. The van der Waals surface area contributed by atoms with Crippen molar-refractivity contribution >= 4 is 0 Å². The standard InChI is InChI=1S/C17H26N2/c1-13-5-6-15-7-8-17(16(15)10-13)18-11-14-4-3-9-19(2)12-14/h5-6,10,14,17-18H,3-4,7-9,11-12H2,1-2H3. The van der Waals surface area contributed by atoms with Crippen LogP contribution in [0, 0.1) is 12.8 Å². The minimum atomic E-state index is 0.599. The molecule has 0 saturated carbocycles. The van der Waals surface area contributed by atoms with Crippen LogP contribution in [0.2, 0.25) is 0 Å². The number of hydrogen-bond donors (Lipinski definition) is 1. The van der Waals surface area contributed by atoms with E-state index in [0.717, 1.165) is 5.92 Å². The first kappa shape index (κ1) is 13.1. The van der Waals surface area contributed by atoms with Crippen LogP contribution in [0.5, 0.6) is 0 Å². The summed E-state index contributed by atoms with van der Waals surface area (Å²) in [6.07, 6.45) is 5.28. The van der Waals surface area contributed by atoms with Gasteiger partial charge in [0.25, 0.3) is 0 Å². The van der Waals surface area contributed by atoms with Gasteiger partial charge in [0.2, 0.25) is 0 Å². The predicted molar refractivity (Wildman–Crippen MR) is 80.5 cm³/mol. The fourth-order valence-electron chi connectivity index (χ4n) is 3.68. The lowest BCUT2D eigenvalue weighted by Crippen LogP contribution is -2.38. The smallest absolute Gasteiger partial charge is 0.0326 e. The number of aryl methyl sites for hydroxylation is 2. The van der Waals surface area contributed by atoms with E-state index in [2.05, 4.69) is 42.4 Å². The Balaban J connectivity index is 1.59. The van der Waals surface area contributed by atoms with Gasteiger partial charge in [0.05, 0.1) is 0 Å². The monoisotopic (exact) mass is 258 g/mol. The molecule has 1 N–H and O–H groups in total. The fourth-order valence-corrected chi connectivity index (χ4v) is 3.68. The molecule has 1 aromatic rings. The predicted octanol–water partition coefficient (Wildman–Crippen LogP) is 2.91. The third-order valence-corrected chi connectivity index (χ3v) is 4.75. The Kier molecular flexibility index (Phi) is 3.90. The van der Waals surface area contributed by atoms with Crippen molar-refractivity contribution in [3.63, 3.8) is 0 Å². The van der Waals surface area contributed by atoms with Crippen LogP contribution in [0.15, 0.2) is 18.2 Å². The summed E-state index contributed by atoms with van der Waals surface area (Å²) in [5.74, 6) is 0.840. The van der Waals surface area contributed by atoms with E-state index < -0.39 is 0 Å². The second-order valence-corrected chi connectivity index (χ2v) is 6.47. The number of likely N-dealkylation sites (tertiary alicyclic amines) is 1. The average Bonchev–Trinajstić information content (AvgIpc) is 2.79. The third-order valence-electron chi connectivity index (χ3n) is 4.75. The van der Waals surface area contributed by atoms with Gasteiger partial charge in [-0.2, -0.15) is 0 Å². The zero-order chi connectivity index (χ0) is 13.2. The second-order valence-electron chi connectivity index (χ2n) is 6.47. The molecule has 3 rings (SSSR count). The molecule has 1 aromatic carbocycles. The van der Waals surface area contributed by atoms with Gasteiger partial charge in [-0.25, -0.2) is 0 Å². The lowest BCUT2D eigenvalue weighted by atomic mass is 9.97. The zero-order valence-corrected chi connectivity index (χ0v) is 12.3. The molecule has 2 nitrogen and oxygen atoms in total. The van der Waals surface area contributed by atoms with E-state index in [9.17, 15) is 0 Å². The molecule has 0 aromatic heterocycles. The summed E-state index contributed by atoms with van der Waals surface area (Å²) in [4.78, 5) is 2.47. The maximum atomic E-state index is 3.83. The Labute approximate surface area is 117 Å². The first-order chi connectivity index (χ1) is 9.22. The second kappa shape index (κ2) is 5.64. The molecule has 1 saturated heterocycles. The highest BCUT2D eigenvalue weighted by molar-refractivity contribution is 5.37. The van der Waals surface area contributed by atoms with E-state index >= 15 is 0 Å². The highest BCUT2D eigenvalue weighted by atomic mass is 15.1. The van der Waals surface area contributed by atoms with Gasteiger partial charge < -0.3 is 10.2 Å². The average molecular weight is 258 g/mol. The molecular weight excluding hydrogens is 232 g/mol. The van der Waals surface area contributed by atoms with E-state index in [4.69, 9.17) is 0 Å². The number of nitrogens with zero attached hydrogens (tertiary/aromatic N) is 1. The number of rotatable bonds is 3. The molecule has 0 radical (unpaired) electrons. The van der Waals surface area contributed by atoms with Crippen LogP contribution in [-0.4, -0.2) is 31.6 Å². The molecule has 1 aliphatic carbocycles. The first-order valence-corrected chi connectivity index (χ1v) is 7.74. The lowest BCUT2D eigenvalue weighted by Gasteiger charge is -2.30. The van der Waals surface area contributed by atoms with Gasteiger partial charge in [-0.15, -0.1) is 0 Å². The number of piperidine rings is 1. The minimum Gasteiger partial charge on any atom is -0.310 e. The third kappa shape index (κ3) is 3.01. The molecule has 19 heavy (non-hydrogen) atoms. The molecule has 2 heteroatoms. The first-order valence-electron chi connectivity index (χ1n) is 7.74. The summed E-state index contributed by atoms with van der Waals surface area (Å²) in [6, 6.07) is 7.55. The Morgan fingerprint density at radius 1 is 1.32 bits per heavy atom. The van der Waals surface area contributed by atoms with Gasteiger partial charge in [-0.05, 0) is 69.8 Å². The summed E-state index contributed by atoms with van der Waals surface area (Å²) < 4.78 is 0. The summed E-state index contributed by atoms with van der Waals surface area (Å²) >= 11 is 0. The van der Waals surface area contributed by atoms with Crippen molar-refractivity contribution in [3.05, 3.63) is 34.9 Å². The maximum absolute atomic E-state index is 3.83. The van der Waals surface area contributed by atoms with E-state index in [1.807, 2.05) is 0 Å². The van der Waals surface area contributed by atoms with E-state index in [1.165, 1.54) is 50.9 Å². The molecule has 0 amide bonds. The summed E-state index contributed by atoms with van der Waals surface area (Å²) in [7, 11) is 2.25. The Morgan fingerprint density at radius 2 is 2.21 bits per heavy atom. The largest absolute Gasteiger partial charge is 0.310 e. The van der Waals surface area contributed by atoms with Gasteiger partial charge >= 0.3 is 0 Å². The molecule has 2 aliphatic rings. The molecular formula is C17H26N2. The van der Waals surface area contributed by atoms with Gasteiger partial charge in [0.1, 0.15) is 0 Å². The fraction of sp³-hybridized carbons (Fsp3) is 0.647. The van der Waals surface area contributed by atoms with Crippen LogP contribution in [0.1, 0.15) is 42.0 Å². The highest BCUT2D eigenvalue weighted by Crippen LogP contribution is 2.32. The van der Waals surface area contributed by atoms with Crippen LogP contribution in [0.25, 0.3) is 0 Å². The summed E-state index contributed by atoms with van der Waals surface area (Å²) in [5.41, 5.74) is 4.51. The Bertz CT molecular complexity index is 441. The van der Waals surface area contributed by atoms with Crippen LogP contribution in [-0.2, 0) is 6.42 Å². The molecule has 1 fully saturated rings. The van der Waals surface area contributed by atoms with E-state index in [-0.39, 0.29) is 0 Å². The number of nitrogens with one attached hydrogen (secondary N) is 1. The van der Waals surface area contributed by atoms with E-state index in [1.54, 1.807) is 11.1 Å². The van der Waals surface area contributed by atoms with Crippen molar-refractivity contribution in [2.75, 3.05) is 26.7 Å². The van der Waals surface area contributed by atoms with Crippen molar-refractivity contribution in [2.45, 2.75) is 38.6 Å². The Hall–Kier alpha value is -0.860. The van der Waals surface area contributed by atoms with Crippen LogP contribution in [0.3, 0.4) is 0 Å². The van der Waals surface area contributed by atoms with Crippen LogP contribution in [0.4, 0.5) is 0 Å². The van der Waals surface area contributed by atoms with E-state index in [0.29, 0.717) is 6.04 Å². The van der Waals surface area contributed by atoms with Crippen molar-refractivity contribution in [1.82, 2.24) is 10.2 Å².